The molecule has 2 aromatic heterocycles. The first-order valence-corrected chi connectivity index (χ1v) is 5.70. The molecule has 0 bridgehead atoms. The first-order chi connectivity index (χ1) is 8.06. The maximum atomic E-state index is 12.4. The highest BCUT2D eigenvalue weighted by Gasteiger charge is 2.14. The molecule has 4 nitrogen and oxygen atoms in total. The van der Waals surface area contributed by atoms with Crippen LogP contribution in [0.1, 0.15) is 17.9 Å². The van der Waals surface area contributed by atoms with E-state index in [1.54, 1.807) is 0 Å². The van der Waals surface area contributed by atoms with Crippen LogP contribution in [-0.4, -0.2) is 19.5 Å². The van der Waals surface area contributed by atoms with Crippen LogP contribution in [0, 0.1) is 0 Å². The monoisotopic (exact) mass is 322 g/mol. The molecule has 8 heteroatoms. The molecule has 0 radical (unpaired) electrons. The second-order valence-corrected chi connectivity index (χ2v) is 4.33. The number of aromatic nitrogens is 4. The molecule has 90 valence electrons. The van der Waals surface area contributed by atoms with Crippen molar-refractivity contribution in [3.63, 3.8) is 0 Å². The lowest BCUT2D eigenvalue weighted by Crippen LogP contribution is -2.03. The Balaban J connectivity index is 2.21. The number of nitrogens with zero attached hydrogens (tertiary/aromatic N) is 4. The van der Waals surface area contributed by atoms with Crippen LogP contribution in [0.15, 0.2) is 23.3 Å². The zero-order chi connectivity index (χ0) is 12.4. The molecule has 2 rings (SSSR count). The Labute approximate surface area is 109 Å². The smallest absolute Gasteiger partial charge is 0.281 e. The fraction of sp³-hybridized carbons (Fsp3) is 0.222. The van der Waals surface area contributed by atoms with E-state index in [-0.39, 0.29) is 12.2 Å². The van der Waals surface area contributed by atoms with E-state index in [1.165, 1.54) is 23.2 Å². The fourth-order valence-corrected chi connectivity index (χ4v) is 1.73. The van der Waals surface area contributed by atoms with Gasteiger partial charge in [0.25, 0.3) is 6.43 Å². The topological polar surface area (TPSA) is 43.6 Å². The minimum atomic E-state index is -2.60. The number of halogens is 4. The van der Waals surface area contributed by atoms with Crippen molar-refractivity contribution >= 4 is 27.5 Å². The van der Waals surface area contributed by atoms with Crippen molar-refractivity contribution in [2.75, 3.05) is 0 Å². The van der Waals surface area contributed by atoms with Gasteiger partial charge < -0.3 is 4.57 Å². The van der Waals surface area contributed by atoms with E-state index in [9.17, 15) is 8.78 Å². The molecule has 0 fully saturated rings. The third-order valence-electron chi connectivity index (χ3n) is 1.96. The average molecular weight is 324 g/mol. The highest BCUT2D eigenvalue weighted by Crippen LogP contribution is 2.21. The predicted octanol–water partition coefficient (Wildman–Crippen LogP) is 3.07. The summed E-state index contributed by atoms with van der Waals surface area (Å²) >= 11 is 8.73. The minimum absolute atomic E-state index is 0.247. The van der Waals surface area contributed by atoms with Crippen molar-refractivity contribution in [1.82, 2.24) is 19.5 Å². The molecule has 0 aromatic carbocycles. The van der Waals surface area contributed by atoms with E-state index >= 15 is 0 Å². The van der Waals surface area contributed by atoms with Gasteiger partial charge in [-0.05, 0) is 15.9 Å². The second kappa shape index (κ2) is 5.05. The lowest BCUT2D eigenvalue weighted by molar-refractivity contribution is 0.146. The van der Waals surface area contributed by atoms with Gasteiger partial charge in [0.2, 0.25) is 0 Å². The Bertz CT molecular complexity index is 514. The first kappa shape index (κ1) is 12.4. The third-order valence-corrected chi connectivity index (χ3v) is 2.78. The summed E-state index contributed by atoms with van der Waals surface area (Å²) < 4.78 is 26.6. The molecular formula is C9H6BrClF2N4. The highest BCUT2D eigenvalue weighted by atomic mass is 79.9. The van der Waals surface area contributed by atoms with Gasteiger partial charge in [0.05, 0.1) is 11.6 Å². The molecule has 0 atom stereocenters. The van der Waals surface area contributed by atoms with E-state index in [0.717, 1.165) is 0 Å². The second-order valence-electron chi connectivity index (χ2n) is 3.18. The van der Waals surface area contributed by atoms with Crippen LogP contribution < -0.4 is 0 Å². The van der Waals surface area contributed by atoms with E-state index < -0.39 is 6.43 Å². The van der Waals surface area contributed by atoms with Crippen molar-refractivity contribution in [1.29, 1.82) is 0 Å². The molecule has 2 heterocycles. The molecule has 17 heavy (non-hydrogen) atoms. The molecule has 0 amide bonds. The summed E-state index contributed by atoms with van der Waals surface area (Å²) in [5, 5.41) is 0.423. The van der Waals surface area contributed by atoms with Crippen LogP contribution >= 0.6 is 27.5 Å². The van der Waals surface area contributed by atoms with Crippen LogP contribution in [-0.2, 0) is 6.54 Å². The molecular weight excluding hydrogens is 317 g/mol. The minimum Gasteiger partial charge on any atom is -0.317 e. The van der Waals surface area contributed by atoms with Gasteiger partial charge in [-0.1, -0.05) is 11.6 Å². The summed E-state index contributed by atoms with van der Waals surface area (Å²) in [5.41, 5.74) is -0.286. The summed E-state index contributed by atoms with van der Waals surface area (Å²) in [4.78, 5) is 11.6. The maximum Gasteiger partial charge on any atom is 0.281 e. The summed E-state index contributed by atoms with van der Waals surface area (Å²) in [6, 6.07) is 0. The molecule has 0 N–H and O–H groups in total. The quantitative estimate of drug-likeness (QED) is 0.872. The van der Waals surface area contributed by atoms with Gasteiger partial charge in [-0.3, -0.25) is 0 Å². The molecule has 0 aliphatic rings. The number of hydrogen-bond donors (Lipinski definition) is 0. The van der Waals surface area contributed by atoms with E-state index in [1.807, 2.05) is 0 Å². The Morgan fingerprint density at radius 2 is 2.00 bits per heavy atom. The zero-order valence-electron chi connectivity index (χ0n) is 8.32. The van der Waals surface area contributed by atoms with Crippen molar-refractivity contribution in [3.05, 3.63) is 39.9 Å². The summed E-state index contributed by atoms with van der Waals surface area (Å²) in [6.45, 7) is 0.247. The predicted molar refractivity (Wildman–Crippen MR) is 61.0 cm³/mol. The van der Waals surface area contributed by atoms with Crippen LogP contribution in [0.4, 0.5) is 8.78 Å². The van der Waals surface area contributed by atoms with Crippen molar-refractivity contribution in [2.24, 2.45) is 0 Å². The first-order valence-electron chi connectivity index (χ1n) is 4.53. The van der Waals surface area contributed by atoms with Crippen molar-refractivity contribution in [2.45, 2.75) is 13.0 Å². The summed E-state index contributed by atoms with van der Waals surface area (Å²) in [7, 11) is 0. The number of alkyl halides is 2. The van der Waals surface area contributed by atoms with Crippen LogP contribution in [0.5, 0.6) is 0 Å². The largest absolute Gasteiger partial charge is 0.317 e. The van der Waals surface area contributed by atoms with Gasteiger partial charge >= 0.3 is 0 Å². The van der Waals surface area contributed by atoms with Gasteiger partial charge in [-0.25, -0.2) is 23.7 Å². The Hall–Kier alpha value is -1.08. The van der Waals surface area contributed by atoms with Gasteiger partial charge in [0.15, 0.2) is 4.73 Å². The van der Waals surface area contributed by atoms with Gasteiger partial charge in [0, 0.05) is 18.6 Å². The molecule has 0 spiro atoms. The molecule has 0 aliphatic heterocycles. The zero-order valence-corrected chi connectivity index (χ0v) is 10.7. The van der Waals surface area contributed by atoms with Crippen molar-refractivity contribution < 1.29 is 8.78 Å². The summed E-state index contributed by atoms with van der Waals surface area (Å²) in [5.74, 6) is 0.466. The lowest BCUT2D eigenvalue weighted by Gasteiger charge is -2.01. The van der Waals surface area contributed by atoms with E-state index in [0.29, 0.717) is 15.6 Å². The Kier molecular flexibility index (Phi) is 3.68. The van der Waals surface area contributed by atoms with Crippen LogP contribution in [0.25, 0.3) is 0 Å². The van der Waals surface area contributed by atoms with Gasteiger partial charge in [0.1, 0.15) is 11.5 Å². The molecule has 0 saturated carbocycles. The normalized spacial score (nSPS) is 11.1. The summed E-state index contributed by atoms with van der Waals surface area (Å²) in [6.07, 6.45) is 1.55. The Morgan fingerprint density at radius 3 is 2.53 bits per heavy atom. The molecule has 2 aromatic rings. The van der Waals surface area contributed by atoms with Crippen LogP contribution in [0.3, 0.4) is 0 Å². The van der Waals surface area contributed by atoms with E-state index in [2.05, 4.69) is 30.9 Å². The van der Waals surface area contributed by atoms with Crippen molar-refractivity contribution in [3.8, 4) is 0 Å². The average Bonchev–Trinajstić information content (AvgIpc) is 2.64. The van der Waals surface area contributed by atoms with E-state index in [4.69, 9.17) is 11.6 Å². The standard InChI is InChI=1S/C9H6BrClF2N4/c10-9-16-6(8(12)13)3-17(9)4-7-14-1-5(11)2-15-7/h1-3,8H,4H2. The SMILES string of the molecule is FC(F)c1cn(Cc2ncc(Cl)cn2)c(Br)n1. The fourth-order valence-electron chi connectivity index (χ4n) is 1.20. The molecule has 0 saturated heterocycles. The number of rotatable bonds is 3. The Morgan fingerprint density at radius 1 is 1.35 bits per heavy atom. The maximum absolute atomic E-state index is 12.4. The highest BCUT2D eigenvalue weighted by molar-refractivity contribution is 9.10. The van der Waals surface area contributed by atoms with Gasteiger partial charge in [-0.15, -0.1) is 0 Å². The van der Waals surface area contributed by atoms with Gasteiger partial charge in [-0.2, -0.15) is 0 Å². The number of hydrogen-bond acceptors (Lipinski definition) is 3. The number of imidazole rings is 1. The lowest BCUT2D eigenvalue weighted by atomic mass is 10.5. The molecule has 0 unspecified atom stereocenters. The molecule has 0 aliphatic carbocycles. The van der Waals surface area contributed by atoms with Crippen LogP contribution in [0.2, 0.25) is 5.02 Å². The third kappa shape index (κ3) is 2.98.